The number of nitrogens with one attached hydrogen (secondary N) is 2. The van der Waals surface area contributed by atoms with Gasteiger partial charge in [-0.2, -0.15) is 0 Å². The first kappa shape index (κ1) is 47.9. The van der Waals surface area contributed by atoms with Crippen LogP contribution < -0.4 is 20.9 Å². The Bertz CT molecular complexity index is 3980. The zero-order chi connectivity index (χ0) is 51.2. The minimum Gasteiger partial charge on any atom is -0.478 e. The van der Waals surface area contributed by atoms with E-state index < -0.39 is 66.4 Å². The number of carbonyl (C=O) groups excluding carboxylic acids is 1. The predicted octanol–water partition coefficient (Wildman–Crippen LogP) is 6.29. The highest BCUT2D eigenvalue weighted by atomic mass is 32.2. The van der Waals surface area contributed by atoms with Crippen LogP contribution in [0, 0.1) is 23.3 Å². The van der Waals surface area contributed by atoms with Crippen molar-refractivity contribution in [1.82, 2.24) is 29.1 Å². The first-order valence-corrected chi connectivity index (χ1v) is 25.1. The second-order valence-electron chi connectivity index (χ2n) is 17.1. The van der Waals surface area contributed by atoms with Gasteiger partial charge < -0.3 is 38.7 Å². The molecule has 24 heteroatoms. The summed E-state index contributed by atoms with van der Waals surface area (Å²) in [5, 5.41) is 11.0. The number of esters is 1. The molecule has 71 heavy (non-hydrogen) atoms. The maximum atomic E-state index is 15.0. The Morgan fingerprint density at radius 3 is 1.45 bits per heavy atom. The molecule has 0 amide bonds. The number of sulfone groups is 2. The average molecular weight is 1010 g/mol. The molecular formula is C47H38F4N8O10S2. The van der Waals surface area contributed by atoms with Gasteiger partial charge in [0.05, 0.1) is 66.6 Å². The molecule has 366 valence electrons. The number of aromatic carboxylic acids is 1. The summed E-state index contributed by atoms with van der Waals surface area (Å²) in [6.07, 6.45) is 10.1. The number of aryl methyl sites for hydroxylation is 2. The first-order chi connectivity index (χ1) is 33.4. The molecule has 0 fully saturated rings. The molecule has 2 aliphatic rings. The van der Waals surface area contributed by atoms with Crippen LogP contribution in [-0.2, 0) is 63.1 Å². The highest BCUT2D eigenvalue weighted by Gasteiger charge is 2.33. The number of H-pyrrole nitrogens is 2. The topological polar surface area (TPSA) is 240 Å². The van der Waals surface area contributed by atoms with Gasteiger partial charge in [0.25, 0.3) is 11.1 Å². The zero-order valence-electron chi connectivity index (χ0n) is 37.9. The number of rotatable bonds is 8. The molecule has 6 aromatic heterocycles. The minimum absolute atomic E-state index is 0.0206. The Balaban J connectivity index is 0.000000176. The lowest BCUT2D eigenvalue weighted by molar-refractivity contribution is 0.0599. The Morgan fingerprint density at radius 2 is 1.07 bits per heavy atom. The highest BCUT2D eigenvalue weighted by molar-refractivity contribution is 7.90. The second kappa shape index (κ2) is 17.4. The number of carbonyl (C=O) groups is 2. The predicted molar refractivity (Wildman–Crippen MR) is 253 cm³/mol. The van der Waals surface area contributed by atoms with Crippen molar-refractivity contribution >= 4 is 76.4 Å². The Kier molecular flexibility index (Phi) is 11.7. The van der Waals surface area contributed by atoms with Crippen molar-refractivity contribution in [2.75, 3.05) is 29.4 Å². The lowest BCUT2D eigenvalue weighted by Crippen LogP contribution is -2.20. The fourth-order valence-corrected chi connectivity index (χ4v) is 10.7. The summed E-state index contributed by atoms with van der Waals surface area (Å²) in [7, 11) is -2.90. The average Bonchev–Trinajstić information content (AvgIpc) is 3.85. The van der Waals surface area contributed by atoms with E-state index in [2.05, 4.69) is 19.9 Å². The highest BCUT2D eigenvalue weighted by Crippen LogP contribution is 2.47. The third-order valence-corrected chi connectivity index (χ3v) is 13.7. The van der Waals surface area contributed by atoms with Crippen LogP contribution in [0.2, 0.25) is 0 Å². The van der Waals surface area contributed by atoms with E-state index in [0.29, 0.717) is 67.5 Å². The molecule has 0 bridgehead atoms. The molecule has 2 aliphatic heterocycles. The van der Waals surface area contributed by atoms with E-state index in [9.17, 15) is 58.7 Å². The lowest BCUT2D eigenvalue weighted by atomic mass is 9.96. The van der Waals surface area contributed by atoms with Crippen molar-refractivity contribution < 1.29 is 53.8 Å². The van der Waals surface area contributed by atoms with Gasteiger partial charge >= 0.3 is 11.9 Å². The fraction of sp³-hybridized carbons (Fsp3) is 0.191. The van der Waals surface area contributed by atoms with Gasteiger partial charge in [-0.1, -0.05) is 0 Å². The maximum Gasteiger partial charge on any atom is 0.338 e. The number of aromatic amines is 2. The number of carboxylic acid groups (broad SMARTS) is 1. The van der Waals surface area contributed by atoms with Gasteiger partial charge in [0, 0.05) is 96.6 Å². The number of ether oxygens (including phenoxy) is 1. The quantitative estimate of drug-likeness (QED) is 0.112. The number of hydrogen-bond donors (Lipinski definition) is 3. The number of fused-ring (bicyclic) bond motifs is 4. The molecule has 0 radical (unpaired) electrons. The number of carboxylic acids is 1. The van der Waals surface area contributed by atoms with E-state index in [4.69, 9.17) is 4.74 Å². The summed E-state index contributed by atoms with van der Waals surface area (Å²) in [4.78, 5) is 66.9. The number of methoxy groups -OCH3 is 1. The van der Waals surface area contributed by atoms with Crippen LogP contribution in [0.3, 0.4) is 0 Å². The summed E-state index contributed by atoms with van der Waals surface area (Å²) in [5.41, 5.74) is 3.54. The summed E-state index contributed by atoms with van der Waals surface area (Å²) in [6.45, 7) is 0.00194. The van der Waals surface area contributed by atoms with Gasteiger partial charge in [-0.05, 0) is 46.5 Å². The number of anilines is 4. The van der Waals surface area contributed by atoms with E-state index in [1.165, 1.54) is 50.3 Å². The minimum atomic E-state index is -3.61. The van der Waals surface area contributed by atoms with Crippen LogP contribution in [-0.4, -0.2) is 82.6 Å². The van der Waals surface area contributed by atoms with Crippen molar-refractivity contribution in [2.24, 2.45) is 14.1 Å². The number of aromatic nitrogens is 6. The van der Waals surface area contributed by atoms with Gasteiger partial charge in [0.2, 0.25) is 0 Å². The number of pyridine rings is 4. The van der Waals surface area contributed by atoms with Gasteiger partial charge in [0.1, 0.15) is 22.7 Å². The Hall–Kier alpha value is -8.12. The Labute approximate surface area is 399 Å². The van der Waals surface area contributed by atoms with E-state index >= 15 is 0 Å². The summed E-state index contributed by atoms with van der Waals surface area (Å²) >= 11 is 0. The van der Waals surface area contributed by atoms with E-state index in [-0.39, 0.29) is 69.3 Å². The number of nitrogens with zero attached hydrogens (tertiary/aromatic N) is 6. The summed E-state index contributed by atoms with van der Waals surface area (Å²) in [5.74, 6) is -7.26. The molecule has 0 unspecified atom stereocenters. The molecule has 8 aromatic rings. The SMILES string of the molecule is COC(=O)c1cc2c(cc1CS(C)(=O)=O)-c1cn(C)c(=O)c3[nH]cc(c13)CN2c1ncc(F)cc1F.Cn1cc2c3c(c[nH]c3c1=O)CN(c1ncc(F)cc1F)c1cc(C(=O)O)c(CS(C)(=O)=O)cc1-2. The van der Waals surface area contributed by atoms with Gasteiger partial charge in [0.15, 0.2) is 42.9 Å². The lowest BCUT2D eigenvalue weighted by Gasteiger charge is -2.26. The normalized spacial score (nSPS) is 13.0. The molecular weight excluding hydrogens is 977 g/mol. The van der Waals surface area contributed by atoms with Gasteiger partial charge in [-0.3, -0.25) is 9.59 Å². The van der Waals surface area contributed by atoms with Crippen LogP contribution in [0.1, 0.15) is 43.0 Å². The molecule has 0 saturated heterocycles. The maximum absolute atomic E-state index is 15.0. The van der Waals surface area contributed by atoms with Crippen LogP contribution in [0.15, 0.2) is 83.2 Å². The van der Waals surface area contributed by atoms with Gasteiger partial charge in [-0.15, -0.1) is 0 Å². The first-order valence-electron chi connectivity index (χ1n) is 21.0. The van der Waals surface area contributed by atoms with Crippen LogP contribution in [0.4, 0.5) is 40.6 Å². The van der Waals surface area contributed by atoms with Gasteiger partial charge in [-0.25, -0.2) is 54.0 Å². The standard InChI is InChI=1S/C24H20F2N4O5S.C23H18F2N4O5S/c1-29-10-17-16-4-12(11-36(3,33)34)15(24(32)35-2)6-19(16)30(22-18(26)5-14(25)8-28-22)9-13-7-27-21(20(13)17)23(29)31;1-28-9-16-15-3-11(10-35(2,33)34)14(23(31)32)5-18(15)29(21-17(25)4-13(24)7-27-21)8-12-6-26-20(19(12)16)22(28)30/h4-8,10,27H,9,11H2,1-3H3;3-7,9,26H,8,10H2,1-2H3,(H,31,32). The molecule has 18 nitrogen and oxygen atoms in total. The molecule has 0 spiro atoms. The largest absolute Gasteiger partial charge is 0.478 e. The third-order valence-electron chi connectivity index (χ3n) is 12.0. The number of hydrogen-bond acceptors (Lipinski definition) is 13. The van der Waals surface area contributed by atoms with Crippen LogP contribution in [0.5, 0.6) is 0 Å². The van der Waals surface area contributed by atoms with E-state index in [1.54, 1.807) is 38.9 Å². The van der Waals surface area contributed by atoms with Crippen molar-refractivity contribution in [3.63, 3.8) is 0 Å². The van der Waals surface area contributed by atoms with Crippen molar-refractivity contribution in [3.05, 3.63) is 151 Å². The molecule has 8 heterocycles. The van der Waals surface area contributed by atoms with E-state index in [0.717, 1.165) is 24.9 Å². The summed E-state index contributed by atoms with van der Waals surface area (Å²) < 4.78 is 113. The van der Waals surface area contributed by atoms with E-state index in [1.807, 2.05) is 0 Å². The zero-order valence-corrected chi connectivity index (χ0v) is 39.5. The fourth-order valence-electron chi connectivity index (χ4n) is 9.07. The van der Waals surface area contributed by atoms with Crippen LogP contribution >= 0.6 is 0 Å². The molecule has 0 saturated carbocycles. The van der Waals surface area contributed by atoms with Crippen molar-refractivity contribution in [1.29, 1.82) is 0 Å². The van der Waals surface area contributed by atoms with Crippen molar-refractivity contribution in [3.8, 4) is 22.3 Å². The second-order valence-corrected chi connectivity index (χ2v) is 21.4. The third kappa shape index (κ3) is 8.68. The van der Waals surface area contributed by atoms with Crippen molar-refractivity contribution in [2.45, 2.75) is 24.6 Å². The molecule has 0 atom stereocenters. The Morgan fingerprint density at radius 1 is 0.662 bits per heavy atom. The molecule has 0 aliphatic carbocycles. The number of benzene rings is 2. The monoisotopic (exact) mass is 1010 g/mol. The molecule has 2 aromatic carbocycles. The molecule has 3 N–H and O–H groups in total. The smallest absolute Gasteiger partial charge is 0.338 e. The molecule has 10 rings (SSSR count). The number of halogens is 4. The summed E-state index contributed by atoms with van der Waals surface area (Å²) in [6, 6.07) is 6.99. The van der Waals surface area contributed by atoms with Crippen LogP contribution in [0.25, 0.3) is 44.1 Å².